The van der Waals surface area contributed by atoms with Crippen LogP contribution in [0.5, 0.6) is 0 Å². The molecule has 2 aromatic heterocycles. The number of aromatic nitrogens is 4. The molecule has 10 heteroatoms. The molecule has 0 saturated carbocycles. The molecule has 3 heterocycles. The molecular formula is C20H23BrClN7S. The highest BCUT2D eigenvalue weighted by Crippen LogP contribution is 2.23. The molecule has 1 N–H and O–H groups in total. The fourth-order valence-corrected chi connectivity index (χ4v) is 4.35. The second-order valence-electron chi connectivity index (χ2n) is 7.33. The maximum atomic E-state index is 6.27. The molecule has 7 nitrogen and oxygen atoms in total. The van der Waals surface area contributed by atoms with Crippen LogP contribution in [0.15, 0.2) is 47.3 Å². The number of nitrogens with zero attached hydrogens (tertiary/aromatic N) is 6. The molecule has 0 spiro atoms. The molecule has 0 aliphatic carbocycles. The summed E-state index contributed by atoms with van der Waals surface area (Å²) >= 11 is 15.5. The summed E-state index contributed by atoms with van der Waals surface area (Å²) in [6.45, 7) is 5.19. The number of aryl methyl sites for hydroxylation is 1. The predicted molar refractivity (Wildman–Crippen MR) is 127 cm³/mol. The van der Waals surface area contributed by atoms with Crippen LogP contribution >= 0.6 is 39.7 Å². The van der Waals surface area contributed by atoms with E-state index in [0.717, 1.165) is 47.8 Å². The Morgan fingerprint density at radius 1 is 1.17 bits per heavy atom. The van der Waals surface area contributed by atoms with Crippen molar-refractivity contribution in [3.8, 4) is 0 Å². The van der Waals surface area contributed by atoms with E-state index < -0.39 is 0 Å². The van der Waals surface area contributed by atoms with E-state index in [4.69, 9.17) is 23.8 Å². The molecule has 1 aliphatic heterocycles. The normalized spacial score (nSPS) is 14.8. The highest BCUT2D eigenvalue weighted by atomic mass is 79.9. The molecule has 0 radical (unpaired) electrons. The van der Waals surface area contributed by atoms with Crippen LogP contribution < -0.4 is 5.32 Å². The lowest BCUT2D eigenvalue weighted by Gasteiger charge is -2.35. The summed E-state index contributed by atoms with van der Waals surface area (Å²) in [6, 6.07) is 7.78. The first kappa shape index (κ1) is 21.3. The Hall–Kier alpha value is -1.94. The number of piperazine rings is 1. The van der Waals surface area contributed by atoms with Crippen LogP contribution in [0.25, 0.3) is 0 Å². The van der Waals surface area contributed by atoms with Crippen molar-refractivity contribution in [2.75, 3.05) is 31.5 Å². The van der Waals surface area contributed by atoms with E-state index in [1.807, 2.05) is 53.1 Å². The Balaban J connectivity index is 1.31. The van der Waals surface area contributed by atoms with Crippen molar-refractivity contribution in [2.45, 2.75) is 13.1 Å². The Morgan fingerprint density at radius 3 is 2.63 bits per heavy atom. The van der Waals surface area contributed by atoms with E-state index in [1.54, 1.807) is 0 Å². The van der Waals surface area contributed by atoms with Crippen LogP contribution in [0.1, 0.15) is 11.1 Å². The zero-order valence-electron chi connectivity index (χ0n) is 16.6. The van der Waals surface area contributed by atoms with Gasteiger partial charge in [-0.1, -0.05) is 29.8 Å². The zero-order chi connectivity index (χ0) is 21.1. The predicted octanol–water partition coefficient (Wildman–Crippen LogP) is 3.60. The van der Waals surface area contributed by atoms with Gasteiger partial charge in [0.15, 0.2) is 10.9 Å². The number of benzene rings is 1. The lowest BCUT2D eigenvalue weighted by atomic mass is 10.2. The van der Waals surface area contributed by atoms with Gasteiger partial charge in [-0.05, 0) is 39.8 Å². The number of anilines is 1. The van der Waals surface area contributed by atoms with Gasteiger partial charge in [0.25, 0.3) is 0 Å². The van der Waals surface area contributed by atoms with Crippen molar-refractivity contribution >= 4 is 50.7 Å². The lowest BCUT2D eigenvalue weighted by Crippen LogP contribution is -2.49. The van der Waals surface area contributed by atoms with Gasteiger partial charge in [-0.25, -0.2) is 0 Å². The van der Waals surface area contributed by atoms with Gasteiger partial charge in [-0.3, -0.25) is 14.3 Å². The number of nitrogens with one attached hydrogen (secondary N) is 1. The molecular weight excluding hydrogens is 486 g/mol. The molecule has 0 atom stereocenters. The van der Waals surface area contributed by atoms with Crippen molar-refractivity contribution < 1.29 is 0 Å². The Bertz CT molecular complexity index is 1030. The second kappa shape index (κ2) is 9.47. The first-order valence-corrected chi connectivity index (χ1v) is 11.3. The standard InChI is InChI=1S/C20H23BrClN7S/c1-26-11-15(10-23-26)12-27-6-8-28(9-7-27)20(30)24-19-17(21)14-29(25-19)13-16-4-2-3-5-18(16)22/h2-5,10-11,14H,6-9,12-13H2,1H3,(H,24,25,30). The summed E-state index contributed by atoms with van der Waals surface area (Å²) in [7, 11) is 1.94. The average molecular weight is 509 g/mol. The average Bonchev–Trinajstić information content (AvgIpc) is 3.29. The van der Waals surface area contributed by atoms with Crippen molar-refractivity contribution in [1.29, 1.82) is 0 Å². The number of hydrogen-bond donors (Lipinski definition) is 1. The van der Waals surface area contributed by atoms with Crippen LogP contribution in [0.3, 0.4) is 0 Å². The maximum Gasteiger partial charge on any atom is 0.174 e. The van der Waals surface area contributed by atoms with Crippen LogP contribution in [-0.2, 0) is 20.1 Å². The maximum absolute atomic E-state index is 6.27. The van der Waals surface area contributed by atoms with Gasteiger partial charge >= 0.3 is 0 Å². The molecule has 3 aromatic rings. The van der Waals surface area contributed by atoms with E-state index in [1.165, 1.54) is 5.56 Å². The van der Waals surface area contributed by atoms with Crippen LogP contribution in [-0.4, -0.2) is 60.7 Å². The quantitative estimate of drug-likeness (QED) is 0.532. The highest BCUT2D eigenvalue weighted by Gasteiger charge is 2.20. The minimum absolute atomic E-state index is 0.597. The third-order valence-electron chi connectivity index (χ3n) is 5.06. The number of hydrogen-bond acceptors (Lipinski definition) is 4. The zero-order valence-corrected chi connectivity index (χ0v) is 19.8. The minimum Gasteiger partial charge on any atom is -0.346 e. The van der Waals surface area contributed by atoms with Crippen molar-refractivity contribution in [2.24, 2.45) is 7.05 Å². The van der Waals surface area contributed by atoms with E-state index >= 15 is 0 Å². The fourth-order valence-electron chi connectivity index (χ4n) is 3.47. The van der Waals surface area contributed by atoms with Gasteiger partial charge in [0.05, 0.1) is 17.2 Å². The molecule has 1 aromatic carbocycles. The monoisotopic (exact) mass is 507 g/mol. The molecule has 1 saturated heterocycles. The molecule has 4 rings (SSSR count). The number of thiocarbonyl (C=S) groups is 1. The molecule has 1 aliphatic rings. The van der Waals surface area contributed by atoms with E-state index in [-0.39, 0.29) is 0 Å². The molecule has 1 fully saturated rings. The minimum atomic E-state index is 0.597. The summed E-state index contributed by atoms with van der Waals surface area (Å²) in [5, 5.41) is 13.6. The van der Waals surface area contributed by atoms with Gasteiger partial charge < -0.3 is 10.2 Å². The third-order valence-corrected chi connectivity index (χ3v) is 6.37. The first-order valence-electron chi connectivity index (χ1n) is 9.70. The topological polar surface area (TPSA) is 54.1 Å². The van der Waals surface area contributed by atoms with Gasteiger partial charge in [-0.15, -0.1) is 0 Å². The van der Waals surface area contributed by atoms with Gasteiger partial charge in [0.2, 0.25) is 0 Å². The van der Waals surface area contributed by atoms with Gasteiger partial charge in [-0.2, -0.15) is 10.2 Å². The van der Waals surface area contributed by atoms with Crippen molar-refractivity contribution in [1.82, 2.24) is 29.4 Å². The molecule has 158 valence electrons. The molecule has 30 heavy (non-hydrogen) atoms. The van der Waals surface area contributed by atoms with Gasteiger partial charge in [0.1, 0.15) is 0 Å². The summed E-state index contributed by atoms with van der Waals surface area (Å²) in [6.07, 6.45) is 5.92. The van der Waals surface area contributed by atoms with Crippen LogP contribution in [0.2, 0.25) is 5.02 Å². The largest absolute Gasteiger partial charge is 0.346 e. The molecule has 0 unspecified atom stereocenters. The molecule has 0 bridgehead atoms. The van der Waals surface area contributed by atoms with Crippen molar-refractivity contribution in [3.63, 3.8) is 0 Å². The van der Waals surface area contributed by atoms with Gasteiger partial charge in [0, 0.05) is 62.8 Å². The number of halogens is 2. The first-order chi connectivity index (χ1) is 14.5. The summed E-state index contributed by atoms with van der Waals surface area (Å²) in [5.41, 5.74) is 2.26. The van der Waals surface area contributed by atoms with E-state index in [0.29, 0.717) is 17.5 Å². The SMILES string of the molecule is Cn1cc(CN2CCN(C(=S)Nc3nn(Cc4ccccc4Cl)cc3Br)CC2)cn1. The fraction of sp³-hybridized carbons (Fsp3) is 0.350. The van der Waals surface area contributed by atoms with E-state index in [9.17, 15) is 0 Å². The highest BCUT2D eigenvalue weighted by molar-refractivity contribution is 9.10. The number of rotatable bonds is 5. The Labute approximate surface area is 194 Å². The van der Waals surface area contributed by atoms with Crippen molar-refractivity contribution in [3.05, 3.63) is 63.5 Å². The van der Waals surface area contributed by atoms with Crippen LogP contribution in [0, 0.1) is 0 Å². The Morgan fingerprint density at radius 2 is 1.93 bits per heavy atom. The molecule has 0 amide bonds. The van der Waals surface area contributed by atoms with E-state index in [2.05, 4.69) is 47.4 Å². The summed E-state index contributed by atoms with van der Waals surface area (Å²) in [4.78, 5) is 4.61. The summed E-state index contributed by atoms with van der Waals surface area (Å²) < 4.78 is 4.56. The summed E-state index contributed by atoms with van der Waals surface area (Å²) in [5.74, 6) is 0.713. The second-order valence-corrected chi connectivity index (χ2v) is 8.98. The Kier molecular flexibility index (Phi) is 6.72. The third kappa shape index (κ3) is 5.21. The van der Waals surface area contributed by atoms with Crippen LogP contribution in [0.4, 0.5) is 5.82 Å². The smallest absolute Gasteiger partial charge is 0.174 e. The lowest BCUT2D eigenvalue weighted by molar-refractivity contribution is 0.177.